The molecule has 19 heavy (non-hydrogen) atoms. The van der Waals surface area contributed by atoms with Crippen molar-refractivity contribution >= 4 is 11.8 Å². The zero-order chi connectivity index (χ0) is 14.5. The van der Waals surface area contributed by atoms with Gasteiger partial charge in [0.25, 0.3) is 0 Å². The van der Waals surface area contributed by atoms with Crippen LogP contribution in [0.1, 0.15) is 25.0 Å². The number of benzene rings is 1. The summed E-state index contributed by atoms with van der Waals surface area (Å²) in [6.07, 6.45) is 7.57. The second-order valence-electron chi connectivity index (χ2n) is 4.94. The minimum Gasteiger partial charge on any atom is -0.388 e. The van der Waals surface area contributed by atoms with E-state index in [0.717, 1.165) is 16.8 Å². The van der Waals surface area contributed by atoms with E-state index in [0.29, 0.717) is 0 Å². The monoisotopic (exact) mass is 253 g/mol. The van der Waals surface area contributed by atoms with Crippen molar-refractivity contribution in [2.45, 2.75) is 19.3 Å². The molecule has 1 rings (SSSR count). The summed E-state index contributed by atoms with van der Waals surface area (Å²) in [5.41, 5.74) is 4.46. The van der Waals surface area contributed by atoms with Crippen LogP contribution in [0.25, 0.3) is 6.08 Å². The third kappa shape index (κ3) is 3.05. The van der Waals surface area contributed by atoms with Gasteiger partial charge in [0.05, 0.1) is 0 Å². The Kier molecular flexibility index (Phi) is 4.94. The standard InChI is InChI=1S/C18H23N/c1-7-10-15(9-3)18(4,5)16-11-12-17(19-6)14(8-2)13-16/h7-13,19H,1-3H2,4-6H3/b15-10+. The van der Waals surface area contributed by atoms with Crippen molar-refractivity contribution in [2.75, 3.05) is 12.4 Å². The Hall–Kier alpha value is -2.02. The Morgan fingerprint density at radius 2 is 1.89 bits per heavy atom. The van der Waals surface area contributed by atoms with Gasteiger partial charge in [-0.2, -0.15) is 0 Å². The van der Waals surface area contributed by atoms with E-state index in [2.05, 4.69) is 57.1 Å². The highest BCUT2D eigenvalue weighted by Gasteiger charge is 2.23. The van der Waals surface area contributed by atoms with Gasteiger partial charge in [-0.05, 0) is 28.8 Å². The van der Waals surface area contributed by atoms with Crippen molar-refractivity contribution in [2.24, 2.45) is 0 Å². The van der Waals surface area contributed by atoms with Gasteiger partial charge in [0, 0.05) is 18.2 Å². The highest BCUT2D eigenvalue weighted by atomic mass is 14.8. The normalized spacial score (nSPS) is 11.8. The summed E-state index contributed by atoms with van der Waals surface area (Å²) in [6.45, 7) is 15.9. The molecule has 0 bridgehead atoms. The Labute approximate surface area is 117 Å². The fourth-order valence-electron chi connectivity index (χ4n) is 2.17. The molecule has 0 saturated heterocycles. The Morgan fingerprint density at radius 3 is 2.37 bits per heavy atom. The molecule has 0 saturated carbocycles. The molecule has 0 atom stereocenters. The van der Waals surface area contributed by atoms with Crippen molar-refractivity contribution in [1.29, 1.82) is 0 Å². The second kappa shape index (κ2) is 6.24. The highest BCUT2D eigenvalue weighted by Crippen LogP contribution is 2.34. The van der Waals surface area contributed by atoms with Crippen LogP contribution >= 0.6 is 0 Å². The van der Waals surface area contributed by atoms with Crippen molar-refractivity contribution < 1.29 is 0 Å². The molecule has 0 aromatic heterocycles. The molecule has 100 valence electrons. The number of anilines is 1. The van der Waals surface area contributed by atoms with Crippen LogP contribution < -0.4 is 5.32 Å². The smallest absolute Gasteiger partial charge is 0.0411 e. The van der Waals surface area contributed by atoms with E-state index in [9.17, 15) is 0 Å². The first-order valence-electron chi connectivity index (χ1n) is 6.41. The summed E-state index contributed by atoms with van der Waals surface area (Å²) in [5, 5.41) is 3.17. The fourth-order valence-corrected chi connectivity index (χ4v) is 2.17. The average Bonchev–Trinajstić information content (AvgIpc) is 2.43. The largest absolute Gasteiger partial charge is 0.388 e. The molecule has 0 spiro atoms. The van der Waals surface area contributed by atoms with E-state index in [-0.39, 0.29) is 5.41 Å². The molecule has 1 aromatic rings. The average molecular weight is 253 g/mol. The minimum absolute atomic E-state index is 0.111. The van der Waals surface area contributed by atoms with E-state index in [4.69, 9.17) is 0 Å². The molecule has 0 amide bonds. The number of hydrogen-bond acceptors (Lipinski definition) is 1. The SMILES string of the molecule is C=C/C=C(\C=C)C(C)(C)c1ccc(NC)c(C=C)c1. The molecule has 0 aliphatic carbocycles. The lowest BCUT2D eigenvalue weighted by molar-refractivity contribution is 0.639. The Morgan fingerprint density at radius 1 is 1.21 bits per heavy atom. The van der Waals surface area contributed by atoms with E-state index in [1.165, 1.54) is 5.56 Å². The molecular formula is C18H23N. The lowest BCUT2D eigenvalue weighted by Gasteiger charge is -2.28. The summed E-state index contributed by atoms with van der Waals surface area (Å²) in [7, 11) is 1.92. The first kappa shape index (κ1) is 15.0. The number of nitrogens with one attached hydrogen (secondary N) is 1. The van der Waals surface area contributed by atoms with Gasteiger partial charge in [-0.1, -0.05) is 64.0 Å². The summed E-state index contributed by atoms with van der Waals surface area (Å²) >= 11 is 0. The molecule has 1 N–H and O–H groups in total. The first-order valence-corrected chi connectivity index (χ1v) is 6.41. The third-order valence-electron chi connectivity index (χ3n) is 3.50. The van der Waals surface area contributed by atoms with Crippen molar-refractivity contribution in [3.8, 4) is 0 Å². The molecule has 0 aliphatic rings. The maximum atomic E-state index is 3.90. The van der Waals surface area contributed by atoms with Crippen LogP contribution in [0.5, 0.6) is 0 Å². The molecule has 0 unspecified atom stereocenters. The minimum atomic E-state index is -0.111. The van der Waals surface area contributed by atoms with E-state index >= 15 is 0 Å². The lowest BCUT2D eigenvalue weighted by Crippen LogP contribution is -2.19. The Balaban J connectivity index is 3.36. The maximum absolute atomic E-state index is 3.90. The van der Waals surface area contributed by atoms with E-state index < -0.39 is 0 Å². The van der Waals surface area contributed by atoms with Gasteiger partial charge in [0.2, 0.25) is 0 Å². The van der Waals surface area contributed by atoms with Gasteiger partial charge < -0.3 is 5.32 Å². The predicted octanol–water partition coefficient (Wildman–Crippen LogP) is 4.95. The maximum Gasteiger partial charge on any atom is 0.0411 e. The van der Waals surface area contributed by atoms with Crippen LogP contribution in [0.15, 0.2) is 61.7 Å². The summed E-state index contributed by atoms with van der Waals surface area (Å²) in [5.74, 6) is 0. The van der Waals surface area contributed by atoms with Crippen molar-refractivity contribution in [1.82, 2.24) is 0 Å². The molecule has 1 nitrogen and oxygen atoms in total. The highest BCUT2D eigenvalue weighted by molar-refractivity contribution is 5.67. The molecule has 1 heteroatoms. The van der Waals surface area contributed by atoms with Gasteiger partial charge in [-0.25, -0.2) is 0 Å². The number of hydrogen-bond donors (Lipinski definition) is 1. The predicted molar refractivity (Wildman–Crippen MR) is 87.6 cm³/mol. The van der Waals surface area contributed by atoms with Gasteiger partial charge in [0.15, 0.2) is 0 Å². The van der Waals surface area contributed by atoms with Crippen LogP contribution in [0.2, 0.25) is 0 Å². The van der Waals surface area contributed by atoms with Gasteiger partial charge >= 0.3 is 0 Å². The third-order valence-corrected chi connectivity index (χ3v) is 3.50. The van der Waals surface area contributed by atoms with Gasteiger partial charge in [-0.3, -0.25) is 0 Å². The lowest BCUT2D eigenvalue weighted by atomic mass is 9.76. The van der Waals surface area contributed by atoms with Crippen LogP contribution in [0.4, 0.5) is 5.69 Å². The topological polar surface area (TPSA) is 12.0 Å². The Bertz CT molecular complexity index is 518. The molecule has 0 aliphatic heterocycles. The molecule has 0 fully saturated rings. The summed E-state index contributed by atoms with van der Waals surface area (Å²) < 4.78 is 0. The van der Waals surface area contributed by atoms with Gasteiger partial charge in [0.1, 0.15) is 0 Å². The molecule has 0 radical (unpaired) electrons. The number of allylic oxidation sites excluding steroid dienone is 4. The summed E-state index contributed by atoms with van der Waals surface area (Å²) in [6, 6.07) is 6.39. The van der Waals surface area contributed by atoms with Crippen LogP contribution in [-0.2, 0) is 5.41 Å². The summed E-state index contributed by atoms with van der Waals surface area (Å²) in [4.78, 5) is 0. The molecule has 0 heterocycles. The van der Waals surface area contributed by atoms with Gasteiger partial charge in [-0.15, -0.1) is 0 Å². The van der Waals surface area contributed by atoms with E-state index in [1.807, 2.05) is 25.3 Å². The molecular weight excluding hydrogens is 230 g/mol. The van der Waals surface area contributed by atoms with Crippen molar-refractivity contribution in [3.05, 3.63) is 72.9 Å². The van der Waals surface area contributed by atoms with Crippen LogP contribution in [-0.4, -0.2) is 7.05 Å². The quantitative estimate of drug-likeness (QED) is 0.707. The zero-order valence-electron chi connectivity index (χ0n) is 12.2. The second-order valence-corrected chi connectivity index (χ2v) is 4.94. The van der Waals surface area contributed by atoms with E-state index in [1.54, 1.807) is 6.08 Å². The van der Waals surface area contributed by atoms with Crippen LogP contribution in [0.3, 0.4) is 0 Å². The molecule has 1 aromatic carbocycles. The fraction of sp³-hybridized carbons (Fsp3) is 0.222. The zero-order valence-corrected chi connectivity index (χ0v) is 12.2. The first-order chi connectivity index (χ1) is 9.01. The van der Waals surface area contributed by atoms with Crippen molar-refractivity contribution in [3.63, 3.8) is 0 Å². The van der Waals surface area contributed by atoms with Crippen LogP contribution in [0, 0.1) is 0 Å². The number of rotatable bonds is 6.